The lowest BCUT2D eigenvalue weighted by Gasteiger charge is -2.40. The first kappa shape index (κ1) is 16.4. The summed E-state index contributed by atoms with van der Waals surface area (Å²) in [5.41, 5.74) is 0.0659. The van der Waals surface area contributed by atoms with E-state index in [-0.39, 0.29) is 16.4 Å². The number of halogens is 1. The maximum atomic E-state index is 12.9. The van der Waals surface area contributed by atoms with Gasteiger partial charge in [0.1, 0.15) is 5.82 Å². The lowest BCUT2D eigenvalue weighted by Crippen LogP contribution is -2.46. The van der Waals surface area contributed by atoms with Gasteiger partial charge in [-0.1, -0.05) is 33.6 Å². The highest BCUT2D eigenvalue weighted by Gasteiger charge is 2.36. The van der Waals surface area contributed by atoms with Gasteiger partial charge in [0.15, 0.2) is 0 Å². The van der Waals surface area contributed by atoms with Crippen LogP contribution in [0.25, 0.3) is 0 Å². The van der Waals surface area contributed by atoms with Gasteiger partial charge >= 0.3 is 0 Å². The molecule has 0 saturated heterocycles. The molecule has 1 N–H and O–H groups in total. The molecule has 1 aromatic rings. The molecule has 2 unspecified atom stereocenters. The molecule has 0 spiro atoms. The summed E-state index contributed by atoms with van der Waals surface area (Å²) >= 11 is 0. The molecule has 2 rings (SSSR count). The Balaban J connectivity index is 2.20. The van der Waals surface area contributed by atoms with Crippen molar-refractivity contribution in [1.82, 2.24) is 4.72 Å². The molecule has 0 radical (unpaired) electrons. The van der Waals surface area contributed by atoms with Crippen LogP contribution >= 0.6 is 0 Å². The van der Waals surface area contributed by atoms with Crippen molar-refractivity contribution in [3.63, 3.8) is 0 Å². The van der Waals surface area contributed by atoms with E-state index in [0.717, 1.165) is 25.7 Å². The number of hydrogen-bond donors (Lipinski definition) is 1. The van der Waals surface area contributed by atoms with Crippen molar-refractivity contribution >= 4 is 10.0 Å². The summed E-state index contributed by atoms with van der Waals surface area (Å²) in [6.07, 6.45) is 4.10. The minimum Gasteiger partial charge on any atom is -0.208 e. The minimum absolute atomic E-state index is 0.0474. The van der Waals surface area contributed by atoms with Crippen LogP contribution in [-0.2, 0) is 10.0 Å². The molecular weight excluding hydrogens is 289 g/mol. The zero-order valence-electron chi connectivity index (χ0n) is 12.9. The maximum Gasteiger partial charge on any atom is 0.240 e. The van der Waals surface area contributed by atoms with E-state index in [2.05, 4.69) is 25.5 Å². The van der Waals surface area contributed by atoms with Gasteiger partial charge in [0.05, 0.1) is 4.90 Å². The van der Waals surface area contributed by atoms with E-state index in [1.54, 1.807) is 0 Å². The largest absolute Gasteiger partial charge is 0.240 e. The van der Waals surface area contributed by atoms with Crippen LogP contribution in [0, 0.1) is 17.2 Å². The van der Waals surface area contributed by atoms with Crippen LogP contribution in [0.3, 0.4) is 0 Å². The van der Waals surface area contributed by atoms with E-state index in [1.807, 2.05) is 0 Å². The van der Waals surface area contributed by atoms with Gasteiger partial charge in [0.2, 0.25) is 10.0 Å². The second-order valence-electron chi connectivity index (χ2n) is 6.94. The van der Waals surface area contributed by atoms with E-state index in [0.29, 0.717) is 5.92 Å². The van der Waals surface area contributed by atoms with E-state index >= 15 is 0 Å². The molecule has 1 saturated carbocycles. The Bertz CT molecular complexity index is 575. The fourth-order valence-corrected chi connectivity index (χ4v) is 4.50. The summed E-state index contributed by atoms with van der Waals surface area (Å²) in [6, 6.07) is 4.93. The van der Waals surface area contributed by atoms with E-state index < -0.39 is 15.8 Å². The highest BCUT2D eigenvalue weighted by molar-refractivity contribution is 7.89. The minimum atomic E-state index is -3.59. The number of nitrogens with one attached hydrogen (secondary N) is 1. The summed E-state index contributed by atoms with van der Waals surface area (Å²) in [7, 11) is -3.59. The van der Waals surface area contributed by atoms with Crippen LogP contribution in [-0.4, -0.2) is 14.5 Å². The normalized spacial score (nSPS) is 24.0. The third-order valence-corrected chi connectivity index (χ3v) is 5.81. The molecule has 1 fully saturated rings. The molecule has 1 aliphatic carbocycles. The van der Waals surface area contributed by atoms with E-state index in [1.165, 1.54) is 24.3 Å². The standard InChI is InChI=1S/C16H24FNO2S/c1-16(2,3)14-6-4-5-7-15(14)18-21(19,20)13-10-8-12(17)9-11-13/h8-11,14-15,18H,4-7H2,1-3H3. The third kappa shape index (κ3) is 4.04. The first-order valence-corrected chi connectivity index (χ1v) is 8.96. The zero-order valence-corrected chi connectivity index (χ0v) is 13.7. The Morgan fingerprint density at radius 2 is 1.67 bits per heavy atom. The van der Waals surface area contributed by atoms with Crippen molar-refractivity contribution in [1.29, 1.82) is 0 Å². The van der Waals surface area contributed by atoms with Crippen LogP contribution in [0.2, 0.25) is 0 Å². The highest BCUT2D eigenvalue weighted by Crippen LogP contribution is 2.38. The van der Waals surface area contributed by atoms with Crippen molar-refractivity contribution in [3.8, 4) is 0 Å². The summed E-state index contributed by atoms with van der Waals surface area (Å²) in [5.74, 6) is -0.111. The Morgan fingerprint density at radius 1 is 1.10 bits per heavy atom. The lowest BCUT2D eigenvalue weighted by atomic mass is 9.70. The van der Waals surface area contributed by atoms with Gasteiger partial charge in [0, 0.05) is 6.04 Å². The number of hydrogen-bond acceptors (Lipinski definition) is 2. The fraction of sp³-hybridized carbons (Fsp3) is 0.625. The predicted octanol–water partition coefficient (Wildman–Crippen LogP) is 3.71. The zero-order chi connectivity index (χ0) is 15.7. The number of sulfonamides is 1. The maximum absolute atomic E-state index is 12.9. The summed E-state index contributed by atoms with van der Waals surface area (Å²) < 4.78 is 40.7. The van der Waals surface area contributed by atoms with Crippen LogP contribution in [0.4, 0.5) is 4.39 Å². The SMILES string of the molecule is CC(C)(C)C1CCCCC1NS(=O)(=O)c1ccc(F)cc1. The smallest absolute Gasteiger partial charge is 0.208 e. The Kier molecular flexibility index (Phi) is 4.73. The summed E-state index contributed by atoms with van der Waals surface area (Å²) in [6.45, 7) is 6.46. The summed E-state index contributed by atoms with van der Waals surface area (Å²) in [5, 5.41) is 0. The molecule has 118 valence electrons. The molecule has 1 aliphatic rings. The second kappa shape index (κ2) is 6.05. The molecule has 3 nitrogen and oxygen atoms in total. The monoisotopic (exact) mass is 313 g/mol. The van der Waals surface area contributed by atoms with Gasteiger partial charge in [0.25, 0.3) is 0 Å². The van der Waals surface area contributed by atoms with E-state index in [9.17, 15) is 12.8 Å². The molecule has 1 aromatic carbocycles. The average Bonchev–Trinajstić information content (AvgIpc) is 2.38. The van der Waals surface area contributed by atoms with Crippen molar-refractivity contribution < 1.29 is 12.8 Å². The van der Waals surface area contributed by atoms with Crippen molar-refractivity contribution in [2.24, 2.45) is 11.3 Å². The molecule has 0 bridgehead atoms. The third-order valence-electron chi connectivity index (χ3n) is 4.31. The van der Waals surface area contributed by atoms with Crippen LogP contribution < -0.4 is 4.72 Å². The number of benzene rings is 1. The van der Waals surface area contributed by atoms with Crippen LogP contribution in [0.5, 0.6) is 0 Å². The average molecular weight is 313 g/mol. The van der Waals surface area contributed by atoms with E-state index in [4.69, 9.17) is 0 Å². The molecule has 0 amide bonds. The molecule has 0 aliphatic heterocycles. The molecular formula is C16H24FNO2S. The van der Waals surface area contributed by atoms with Gasteiger partial charge in [-0.3, -0.25) is 0 Å². The van der Waals surface area contributed by atoms with Gasteiger partial charge < -0.3 is 0 Å². The molecule has 0 heterocycles. The van der Waals surface area contributed by atoms with Crippen molar-refractivity contribution in [2.45, 2.75) is 57.4 Å². The van der Waals surface area contributed by atoms with Crippen LogP contribution in [0.1, 0.15) is 46.5 Å². The van der Waals surface area contributed by atoms with Gasteiger partial charge in [-0.15, -0.1) is 0 Å². The number of rotatable bonds is 3. The quantitative estimate of drug-likeness (QED) is 0.924. The highest BCUT2D eigenvalue weighted by atomic mass is 32.2. The molecule has 2 atom stereocenters. The lowest BCUT2D eigenvalue weighted by molar-refractivity contribution is 0.144. The first-order valence-electron chi connectivity index (χ1n) is 7.48. The van der Waals surface area contributed by atoms with Crippen LogP contribution in [0.15, 0.2) is 29.2 Å². The summed E-state index contributed by atoms with van der Waals surface area (Å²) in [4.78, 5) is 0.127. The fourth-order valence-electron chi connectivity index (χ4n) is 3.19. The molecule has 0 aromatic heterocycles. The molecule has 21 heavy (non-hydrogen) atoms. The Hall–Kier alpha value is -0.940. The Morgan fingerprint density at radius 3 is 2.24 bits per heavy atom. The van der Waals surface area contributed by atoms with Gasteiger partial charge in [-0.2, -0.15) is 0 Å². The first-order chi connectivity index (χ1) is 9.70. The second-order valence-corrected chi connectivity index (χ2v) is 8.65. The van der Waals surface area contributed by atoms with Crippen molar-refractivity contribution in [3.05, 3.63) is 30.1 Å². The van der Waals surface area contributed by atoms with Crippen molar-refractivity contribution in [2.75, 3.05) is 0 Å². The molecule has 5 heteroatoms. The Labute approximate surface area is 127 Å². The van der Waals surface area contributed by atoms with Gasteiger partial charge in [-0.05, 0) is 48.4 Å². The van der Waals surface area contributed by atoms with Gasteiger partial charge in [-0.25, -0.2) is 17.5 Å². The topological polar surface area (TPSA) is 46.2 Å². The predicted molar refractivity (Wildman–Crippen MR) is 81.9 cm³/mol.